The molecule has 0 spiro atoms. The smallest absolute Gasteiger partial charge is 0.664 e. The van der Waals surface area contributed by atoms with Crippen molar-refractivity contribution in [3.05, 3.63) is 113 Å². The second kappa shape index (κ2) is 19.9. The molecule has 1 saturated carbocycles. The van der Waals surface area contributed by atoms with E-state index >= 15 is 0 Å². The van der Waals surface area contributed by atoms with Crippen molar-refractivity contribution in [2.45, 2.75) is 12.8 Å². The summed E-state index contributed by atoms with van der Waals surface area (Å²) in [4.78, 5) is 10.3. The van der Waals surface area contributed by atoms with Gasteiger partial charge < -0.3 is 31.8 Å². The summed E-state index contributed by atoms with van der Waals surface area (Å²) in [7, 11) is 0. The van der Waals surface area contributed by atoms with E-state index < -0.39 is 5.91 Å². The summed E-state index contributed by atoms with van der Waals surface area (Å²) in [6.45, 7) is 6.72. The van der Waals surface area contributed by atoms with Gasteiger partial charge in [-0.1, -0.05) is 80.3 Å². The predicted molar refractivity (Wildman–Crippen MR) is 118 cm³/mol. The molecule has 140 valence electrons. The van der Waals surface area contributed by atoms with Crippen molar-refractivity contribution in [2.75, 3.05) is 0 Å². The summed E-state index contributed by atoms with van der Waals surface area (Å²) in [6, 6.07) is 8.53. The van der Waals surface area contributed by atoms with Gasteiger partial charge in [0.1, 0.15) is 0 Å². The molecule has 0 heterocycles. The monoisotopic (exact) mass is 403 g/mol. The Balaban J connectivity index is -0.000000138. The summed E-state index contributed by atoms with van der Waals surface area (Å²) < 4.78 is 0. The number of carbonyl (C=O) groups is 1. The average Bonchev–Trinajstić information content (AvgIpc) is 3.05. The molecule has 2 nitrogen and oxygen atoms in total. The second-order valence-electron chi connectivity index (χ2n) is 4.99. The van der Waals surface area contributed by atoms with Crippen molar-refractivity contribution in [1.29, 1.82) is 0 Å². The van der Waals surface area contributed by atoms with E-state index in [0.717, 1.165) is 11.8 Å². The first-order chi connectivity index (χ1) is 10.7. The fourth-order valence-corrected chi connectivity index (χ4v) is 2.28. The second-order valence-corrected chi connectivity index (χ2v) is 4.99. The Morgan fingerprint density at radius 2 is 1.62 bits per heavy atom. The van der Waals surface area contributed by atoms with E-state index in [4.69, 9.17) is 5.73 Å². The minimum Gasteiger partial charge on any atom is -0.664 e. The topological polar surface area (TPSA) is 40.9 Å². The van der Waals surface area contributed by atoms with Crippen molar-refractivity contribution in [3.8, 4) is 0 Å². The van der Waals surface area contributed by atoms with Crippen molar-refractivity contribution in [1.82, 2.24) is 0 Å². The minimum atomic E-state index is -0.629. The van der Waals surface area contributed by atoms with Crippen LogP contribution in [0.2, 0.25) is 0 Å². The van der Waals surface area contributed by atoms with Gasteiger partial charge >= 0.3 is 21.7 Å². The number of allylic oxidation sites excluding steroid dienone is 6. The number of hydrogen-bond donors (Lipinski definition) is 0. The van der Waals surface area contributed by atoms with E-state index in [9.17, 15) is 4.79 Å². The van der Waals surface area contributed by atoms with E-state index in [-0.39, 0.29) is 47.5 Å². The summed E-state index contributed by atoms with van der Waals surface area (Å²) in [5.41, 5.74) is 7.12. The number of fused-ring (bicyclic) bond motifs is 1. The number of amides is 1. The van der Waals surface area contributed by atoms with Crippen molar-refractivity contribution >= 4 is 16.9 Å². The Morgan fingerprint density at radius 1 is 1.08 bits per heavy atom. The number of carbonyl (C=O) groups excluding carboxylic acids is 1. The van der Waals surface area contributed by atoms with E-state index in [0.29, 0.717) is 5.56 Å². The molecule has 2 aliphatic rings. The SMILES string of the molecule is C1=CC2[CH-]CCC2C=C1.C=CC=C.[CH3-].[CH3-].[NH-]C(=O)c1ccccc1.[SiH4].[Ti+4]. The molecule has 0 radical (unpaired) electrons. The Morgan fingerprint density at radius 3 is 2.04 bits per heavy atom. The van der Waals surface area contributed by atoms with E-state index in [1.165, 1.54) is 12.8 Å². The van der Waals surface area contributed by atoms with Gasteiger partial charge in [-0.2, -0.15) is 6.42 Å². The molecule has 2 unspecified atom stereocenters. The van der Waals surface area contributed by atoms with Gasteiger partial charge in [0, 0.05) is 0 Å². The molecule has 1 N–H and O–H groups in total. The molecule has 1 amide bonds. The van der Waals surface area contributed by atoms with Gasteiger partial charge in [0.05, 0.1) is 5.91 Å². The molecule has 26 heavy (non-hydrogen) atoms. The van der Waals surface area contributed by atoms with Crippen LogP contribution in [-0.4, -0.2) is 16.9 Å². The van der Waals surface area contributed by atoms with E-state index in [1.54, 1.807) is 36.4 Å². The molecule has 3 rings (SSSR count). The number of benzene rings is 1. The normalized spacial score (nSPS) is 17.4. The van der Waals surface area contributed by atoms with Gasteiger partial charge in [0.2, 0.25) is 0 Å². The fourth-order valence-electron chi connectivity index (χ4n) is 2.28. The third-order valence-corrected chi connectivity index (χ3v) is 3.44. The van der Waals surface area contributed by atoms with E-state index in [1.807, 2.05) is 6.07 Å². The first-order valence-electron chi connectivity index (χ1n) is 7.41. The molecule has 4 heteroatoms. The van der Waals surface area contributed by atoms with Gasteiger partial charge in [-0.15, -0.1) is 12.0 Å². The molecule has 1 fully saturated rings. The van der Waals surface area contributed by atoms with Crippen LogP contribution >= 0.6 is 0 Å². The van der Waals surface area contributed by atoms with Crippen LogP contribution < -0.4 is 0 Å². The molecular formula is C22H33NOSiTi. The summed E-state index contributed by atoms with van der Waals surface area (Å²) in [5, 5.41) is 0. The van der Waals surface area contributed by atoms with Gasteiger partial charge in [-0.05, 0) is 22.4 Å². The van der Waals surface area contributed by atoms with Crippen molar-refractivity contribution in [3.63, 3.8) is 0 Å². The zero-order chi connectivity index (χ0) is 16.2. The maximum absolute atomic E-state index is 10.3. The fraction of sp³-hybridized carbons (Fsp3) is 0.182. The van der Waals surface area contributed by atoms with Crippen LogP contribution in [0, 0.1) is 33.1 Å². The first kappa shape index (κ1) is 32.3. The minimum absolute atomic E-state index is 0. The maximum atomic E-state index is 10.3. The van der Waals surface area contributed by atoms with Gasteiger partial charge in [0.15, 0.2) is 0 Å². The van der Waals surface area contributed by atoms with Gasteiger partial charge in [0.25, 0.3) is 0 Å². The molecule has 0 aromatic heterocycles. The molecule has 0 bridgehead atoms. The van der Waals surface area contributed by atoms with Crippen LogP contribution in [-0.2, 0) is 21.7 Å². The third kappa shape index (κ3) is 12.9. The van der Waals surface area contributed by atoms with Gasteiger partial charge in [-0.3, -0.25) is 0 Å². The zero-order valence-corrected chi connectivity index (χ0v) is 16.9. The van der Waals surface area contributed by atoms with Crippen LogP contribution in [0.5, 0.6) is 0 Å². The Bertz CT molecular complexity index is 516. The predicted octanol–water partition coefficient (Wildman–Crippen LogP) is 5.03. The standard InChI is InChI=1S/C9H11.C7H7NO.C4H6.2CH3.H4Si.Ti/c1-2-5-9-7-3-6-8(9)4-1;8-7(9)6-4-2-1-3-5-6;1-3-4-2;;;;/h1-2,4-6,8-9H,3,7H2;1-5H,(H2,8,9);3-4H,1-2H2;2*1H3;1H4;/q-1;;;2*-1;;+4/p-1. The number of rotatable bonds is 2. The third-order valence-electron chi connectivity index (χ3n) is 3.44. The van der Waals surface area contributed by atoms with Crippen LogP contribution in [0.1, 0.15) is 23.2 Å². The first-order valence-corrected chi connectivity index (χ1v) is 7.41. The van der Waals surface area contributed by atoms with Crippen molar-refractivity contribution in [2.24, 2.45) is 11.8 Å². The Labute approximate surface area is 180 Å². The van der Waals surface area contributed by atoms with Gasteiger partial charge in [-0.25, -0.2) is 0 Å². The zero-order valence-electron chi connectivity index (χ0n) is 15.3. The number of nitrogens with one attached hydrogen (secondary N) is 1. The van der Waals surface area contributed by atoms with Crippen LogP contribution in [0.3, 0.4) is 0 Å². The molecular weight excluding hydrogens is 370 g/mol. The summed E-state index contributed by atoms with van der Waals surface area (Å²) >= 11 is 0. The number of hydrogen-bond acceptors (Lipinski definition) is 1. The largest absolute Gasteiger partial charge is 4.00 e. The molecule has 2 atom stereocenters. The average molecular weight is 403 g/mol. The maximum Gasteiger partial charge on any atom is 4.00 e. The van der Waals surface area contributed by atoms with Crippen molar-refractivity contribution < 1.29 is 26.5 Å². The molecule has 0 saturated heterocycles. The molecule has 1 aromatic rings. The van der Waals surface area contributed by atoms with Crippen LogP contribution in [0.15, 0.2) is 79.9 Å². The van der Waals surface area contributed by atoms with E-state index in [2.05, 4.69) is 43.9 Å². The van der Waals surface area contributed by atoms with Crippen LogP contribution in [0.4, 0.5) is 0 Å². The Kier molecular flexibility index (Phi) is 24.7. The molecule has 2 aliphatic carbocycles. The summed E-state index contributed by atoms with van der Waals surface area (Å²) in [5.74, 6) is 0.987. The molecule has 0 aliphatic heterocycles. The quantitative estimate of drug-likeness (QED) is 0.388. The Hall–Kier alpha value is -1.42. The molecule has 1 aromatic carbocycles. The summed E-state index contributed by atoms with van der Waals surface area (Å²) in [6.07, 6.45) is 17.3. The van der Waals surface area contributed by atoms with Crippen LogP contribution in [0.25, 0.3) is 5.73 Å².